The summed E-state index contributed by atoms with van der Waals surface area (Å²) in [5.41, 5.74) is 3.38. The summed E-state index contributed by atoms with van der Waals surface area (Å²) in [6, 6.07) is 11.8. The average molecular weight is 376 g/mol. The fourth-order valence-corrected chi connectivity index (χ4v) is 3.33. The summed E-state index contributed by atoms with van der Waals surface area (Å²) >= 11 is 5.12. The van der Waals surface area contributed by atoms with Crippen LogP contribution in [0.5, 0.6) is 0 Å². The lowest BCUT2D eigenvalue weighted by Gasteiger charge is -2.12. The SMILES string of the molecule is C=CCNC(=S)Nc1ccc(S(=O)(=O)Nc2ccc(C)c(C)c2)cc1. The van der Waals surface area contributed by atoms with Crippen molar-refractivity contribution in [1.29, 1.82) is 0 Å². The van der Waals surface area contributed by atoms with Crippen molar-refractivity contribution in [2.45, 2.75) is 18.7 Å². The van der Waals surface area contributed by atoms with Gasteiger partial charge in [0.15, 0.2) is 5.11 Å². The Bertz CT molecular complexity index is 876. The molecule has 0 heterocycles. The second-order valence-electron chi connectivity index (χ2n) is 5.55. The molecule has 0 bridgehead atoms. The third-order valence-electron chi connectivity index (χ3n) is 3.59. The number of thiocarbonyl (C=S) groups is 1. The maximum atomic E-state index is 12.5. The van der Waals surface area contributed by atoms with Crippen LogP contribution in [0, 0.1) is 13.8 Å². The van der Waals surface area contributed by atoms with Crippen LogP contribution in [-0.2, 0) is 10.0 Å². The van der Waals surface area contributed by atoms with Crippen LogP contribution in [0.3, 0.4) is 0 Å². The van der Waals surface area contributed by atoms with E-state index in [1.54, 1.807) is 24.3 Å². The van der Waals surface area contributed by atoms with Crippen LogP contribution in [0.1, 0.15) is 11.1 Å². The number of nitrogens with one attached hydrogen (secondary N) is 3. The molecule has 3 N–H and O–H groups in total. The highest BCUT2D eigenvalue weighted by Crippen LogP contribution is 2.20. The standard InChI is InChI=1S/C18H21N3O2S2/c1-4-11-19-18(24)20-15-7-9-17(10-8-15)25(22,23)21-16-6-5-13(2)14(3)12-16/h4-10,12,21H,1,11H2,2-3H3,(H2,19,20,24). The Morgan fingerprint density at radius 2 is 1.72 bits per heavy atom. The monoisotopic (exact) mass is 375 g/mol. The highest BCUT2D eigenvalue weighted by molar-refractivity contribution is 7.92. The van der Waals surface area contributed by atoms with E-state index in [1.165, 1.54) is 12.1 Å². The molecule has 0 saturated carbocycles. The maximum absolute atomic E-state index is 12.5. The average Bonchev–Trinajstić information content (AvgIpc) is 2.56. The van der Waals surface area contributed by atoms with E-state index in [9.17, 15) is 8.42 Å². The van der Waals surface area contributed by atoms with Gasteiger partial charge in [-0.05, 0) is 73.6 Å². The summed E-state index contributed by atoms with van der Waals surface area (Å²) in [6.45, 7) is 8.07. The minimum Gasteiger partial charge on any atom is -0.359 e. The molecule has 2 aromatic rings. The third-order valence-corrected chi connectivity index (χ3v) is 5.23. The molecule has 0 aliphatic heterocycles. The number of rotatable bonds is 6. The van der Waals surface area contributed by atoms with Gasteiger partial charge in [0.1, 0.15) is 0 Å². The molecule has 2 rings (SSSR count). The van der Waals surface area contributed by atoms with E-state index in [2.05, 4.69) is 21.9 Å². The number of sulfonamides is 1. The van der Waals surface area contributed by atoms with E-state index in [0.29, 0.717) is 23.0 Å². The molecular weight excluding hydrogens is 354 g/mol. The third kappa shape index (κ3) is 5.30. The van der Waals surface area contributed by atoms with E-state index in [4.69, 9.17) is 12.2 Å². The zero-order valence-electron chi connectivity index (χ0n) is 14.2. The molecule has 0 unspecified atom stereocenters. The summed E-state index contributed by atoms with van der Waals surface area (Å²) < 4.78 is 27.6. The van der Waals surface area contributed by atoms with Gasteiger partial charge < -0.3 is 10.6 Å². The van der Waals surface area contributed by atoms with Gasteiger partial charge in [-0.3, -0.25) is 4.72 Å². The van der Waals surface area contributed by atoms with Crippen molar-refractivity contribution in [3.8, 4) is 0 Å². The zero-order valence-corrected chi connectivity index (χ0v) is 15.8. The minimum absolute atomic E-state index is 0.182. The van der Waals surface area contributed by atoms with Gasteiger partial charge in [0.05, 0.1) is 4.90 Å². The van der Waals surface area contributed by atoms with Crippen molar-refractivity contribution < 1.29 is 8.42 Å². The summed E-state index contributed by atoms with van der Waals surface area (Å²) in [5, 5.41) is 6.36. The topological polar surface area (TPSA) is 70.2 Å². The van der Waals surface area contributed by atoms with Gasteiger partial charge >= 0.3 is 0 Å². The summed E-state index contributed by atoms with van der Waals surface area (Å²) in [4.78, 5) is 0.182. The molecule has 5 nitrogen and oxygen atoms in total. The first kappa shape index (κ1) is 19.0. The predicted octanol–water partition coefficient (Wildman–Crippen LogP) is 3.58. The molecule has 0 spiro atoms. The summed E-state index contributed by atoms with van der Waals surface area (Å²) in [5.74, 6) is 0. The molecule has 0 aliphatic carbocycles. The Kier molecular flexibility index (Phi) is 6.17. The molecule has 0 radical (unpaired) electrons. The molecule has 0 saturated heterocycles. The minimum atomic E-state index is -3.64. The maximum Gasteiger partial charge on any atom is 0.261 e. The van der Waals surface area contributed by atoms with Crippen LogP contribution in [0.2, 0.25) is 0 Å². The van der Waals surface area contributed by atoms with Crippen LogP contribution in [0.25, 0.3) is 0 Å². The lowest BCUT2D eigenvalue weighted by atomic mass is 10.1. The van der Waals surface area contributed by atoms with Gasteiger partial charge in [-0.2, -0.15) is 0 Å². The van der Waals surface area contributed by atoms with Crippen LogP contribution in [0.4, 0.5) is 11.4 Å². The largest absolute Gasteiger partial charge is 0.359 e. The quantitative estimate of drug-likeness (QED) is 0.532. The zero-order chi connectivity index (χ0) is 18.4. The molecule has 0 amide bonds. The molecule has 0 aliphatic rings. The second-order valence-corrected chi connectivity index (χ2v) is 7.64. The van der Waals surface area contributed by atoms with Crippen molar-refractivity contribution in [1.82, 2.24) is 5.32 Å². The van der Waals surface area contributed by atoms with Gasteiger partial charge in [0.2, 0.25) is 0 Å². The molecular formula is C18H21N3O2S2. The molecule has 2 aromatic carbocycles. The van der Waals surface area contributed by atoms with Crippen molar-refractivity contribution >= 4 is 38.7 Å². The normalized spacial score (nSPS) is 10.8. The first-order valence-electron chi connectivity index (χ1n) is 7.68. The van der Waals surface area contributed by atoms with Crippen LogP contribution < -0.4 is 15.4 Å². The highest BCUT2D eigenvalue weighted by Gasteiger charge is 2.14. The van der Waals surface area contributed by atoms with E-state index >= 15 is 0 Å². The summed E-state index contributed by atoms with van der Waals surface area (Å²) in [6.07, 6.45) is 1.70. The lowest BCUT2D eigenvalue weighted by molar-refractivity contribution is 0.601. The van der Waals surface area contributed by atoms with Gasteiger partial charge in [0, 0.05) is 17.9 Å². The van der Waals surface area contributed by atoms with Crippen LogP contribution in [-0.4, -0.2) is 20.1 Å². The Morgan fingerprint density at radius 1 is 1.08 bits per heavy atom. The molecule has 0 fully saturated rings. The number of hydrogen-bond acceptors (Lipinski definition) is 3. The fraction of sp³-hybridized carbons (Fsp3) is 0.167. The Morgan fingerprint density at radius 3 is 2.32 bits per heavy atom. The van der Waals surface area contributed by atoms with Crippen molar-refractivity contribution in [2.75, 3.05) is 16.6 Å². The van der Waals surface area contributed by atoms with Gasteiger partial charge in [-0.25, -0.2) is 8.42 Å². The van der Waals surface area contributed by atoms with Gasteiger partial charge in [-0.15, -0.1) is 6.58 Å². The molecule has 132 valence electrons. The van der Waals surface area contributed by atoms with E-state index < -0.39 is 10.0 Å². The number of hydrogen-bond donors (Lipinski definition) is 3. The predicted molar refractivity (Wildman–Crippen MR) is 108 cm³/mol. The van der Waals surface area contributed by atoms with Crippen molar-refractivity contribution in [3.05, 3.63) is 66.2 Å². The summed E-state index contributed by atoms with van der Waals surface area (Å²) in [7, 11) is -3.64. The van der Waals surface area contributed by atoms with E-state index in [1.807, 2.05) is 26.0 Å². The smallest absolute Gasteiger partial charge is 0.261 e. The lowest BCUT2D eigenvalue weighted by Crippen LogP contribution is -2.28. The Labute approximate surface area is 154 Å². The number of aryl methyl sites for hydroxylation is 2. The van der Waals surface area contributed by atoms with E-state index in [-0.39, 0.29) is 4.90 Å². The van der Waals surface area contributed by atoms with Crippen molar-refractivity contribution in [2.24, 2.45) is 0 Å². The number of anilines is 2. The fourth-order valence-electron chi connectivity index (χ4n) is 2.08. The van der Waals surface area contributed by atoms with E-state index in [0.717, 1.165) is 11.1 Å². The van der Waals surface area contributed by atoms with Crippen LogP contribution in [0.15, 0.2) is 60.0 Å². The first-order chi connectivity index (χ1) is 11.8. The molecule has 0 aromatic heterocycles. The van der Waals surface area contributed by atoms with Gasteiger partial charge in [0.25, 0.3) is 10.0 Å². The highest BCUT2D eigenvalue weighted by atomic mass is 32.2. The molecule has 25 heavy (non-hydrogen) atoms. The number of benzene rings is 2. The first-order valence-corrected chi connectivity index (χ1v) is 9.57. The van der Waals surface area contributed by atoms with Crippen molar-refractivity contribution in [3.63, 3.8) is 0 Å². The Balaban J connectivity index is 2.10. The Hall–Kier alpha value is -2.38. The molecule has 0 atom stereocenters. The second kappa shape index (κ2) is 8.13. The van der Waals surface area contributed by atoms with Gasteiger partial charge in [-0.1, -0.05) is 12.1 Å². The molecule has 7 heteroatoms. The van der Waals surface area contributed by atoms with Crippen LogP contribution >= 0.6 is 12.2 Å².